The van der Waals surface area contributed by atoms with E-state index in [0.717, 1.165) is 29.1 Å². The number of hydrogen-bond donors (Lipinski definition) is 1. The first-order valence-corrected chi connectivity index (χ1v) is 9.89. The van der Waals surface area contributed by atoms with Gasteiger partial charge in [0, 0.05) is 13.1 Å². The molecule has 0 radical (unpaired) electrons. The Kier molecular flexibility index (Phi) is 5.63. The molecule has 1 aromatic carbocycles. The molecule has 0 bridgehead atoms. The lowest BCUT2D eigenvalue weighted by atomic mass is 9.86. The van der Waals surface area contributed by atoms with Crippen LogP contribution in [0.2, 0.25) is 0 Å². The highest BCUT2D eigenvalue weighted by molar-refractivity contribution is 6.09. The van der Waals surface area contributed by atoms with Crippen molar-refractivity contribution < 1.29 is 19.1 Å². The zero-order valence-electron chi connectivity index (χ0n) is 17.1. The van der Waals surface area contributed by atoms with E-state index in [1.165, 1.54) is 0 Å². The average Bonchev–Trinajstić information content (AvgIpc) is 2.93. The lowest BCUT2D eigenvalue weighted by molar-refractivity contribution is -0.140. The predicted molar refractivity (Wildman–Crippen MR) is 105 cm³/mol. The van der Waals surface area contributed by atoms with Crippen LogP contribution in [0.1, 0.15) is 44.2 Å². The summed E-state index contributed by atoms with van der Waals surface area (Å²) < 4.78 is 5.29. The zero-order chi connectivity index (χ0) is 20.5. The first kappa shape index (κ1) is 20.2. The Hall–Kier alpha value is -2.57. The van der Waals surface area contributed by atoms with Gasteiger partial charge in [0.05, 0.1) is 7.11 Å². The van der Waals surface area contributed by atoms with Crippen molar-refractivity contribution in [3.05, 3.63) is 29.3 Å². The number of rotatable bonds is 5. The fraction of sp³-hybridized carbons (Fsp3) is 0.571. The van der Waals surface area contributed by atoms with Gasteiger partial charge in [-0.15, -0.1) is 0 Å². The van der Waals surface area contributed by atoms with Gasteiger partial charge in [0.1, 0.15) is 17.8 Å². The van der Waals surface area contributed by atoms with Crippen LogP contribution in [0, 0.1) is 12.8 Å². The van der Waals surface area contributed by atoms with Crippen LogP contribution in [0.25, 0.3) is 0 Å². The highest BCUT2D eigenvalue weighted by atomic mass is 16.5. The lowest BCUT2D eigenvalue weighted by Gasteiger charge is -2.31. The number of nitrogens with zero attached hydrogens (tertiary/aromatic N) is 2. The van der Waals surface area contributed by atoms with Gasteiger partial charge in [-0.3, -0.25) is 14.5 Å². The van der Waals surface area contributed by atoms with Gasteiger partial charge in [0.15, 0.2) is 0 Å². The highest BCUT2D eigenvalue weighted by Crippen LogP contribution is 2.34. The molecular weight excluding hydrogens is 358 g/mol. The molecule has 152 valence electrons. The normalized spacial score (nSPS) is 23.1. The summed E-state index contributed by atoms with van der Waals surface area (Å²) in [7, 11) is 1.59. The number of aryl methyl sites for hydroxylation is 1. The van der Waals surface area contributed by atoms with E-state index in [4.69, 9.17) is 4.74 Å². The second-order valence-electron chi connectivity index (χ2n) is 7.83. The number of carbonyl (C=O) groups is 3. The number of benzene rings is 1. The molecule has 3 rings (SSSR count). The minimum absolute atomic E-state index is 0.173. The first-order chi connectivity index (χ1) is 13.3. The number of amides is 4. The van der Waals surface area contributed by atoms with Crippen molar-refractivity contribution >= 4 is 17.8 Å². The monoisotopic (exact) mass is 387 g/mol. The smallest absolute Gasteiger partial charge is 0.325 e. The summed E-state index contributed by atoms with van der Waals surface area (Å²) in [6.07, 6.45) is 2.31. The van der Waals surface area contributed by atoms with Gasteiger partial charge in [0.25, 0.3) is 5.91 Å². The third kappa shape index (κ3) is 3.45. The van der Waals surface area contributed by atoms with Crippen LogP contribution in [0.5, 0.6) is 5.75 Å². The van der Waals surface area contributed by atoms with E-state index >= 15 is 0 Å². The second-order valence-corrected chi connectivity index (χ2v) is 7.83. The Morgan fingerprint density at radius 1 is 1.29 bits per heavy atom. The molecule has 7 nitrogen and oxygen atoms in total. The van der Waals surface area contributed by atoms with Crippen molar-refractivity contribution in [2.75, 3.05) is 26.7 Å². The topological polar surface area (TPSA) is 79.0 Å². The third-order valence-electron chi connectivity index (χ3n) is 6.02. The van der Waals surface area contributed by atoms with Crippen LogP contribution in [-0.2, 0) is 15.1 Å². The highest BCUT2D eigenvalue weighted by Gasteiger charge is 2.52. The molecule has 2 aliphatic rings. The molecule has 1 unspecified atom stereocenters. The molecule has 2 aliphatic heterocycles. The number of piperidine rings is 1. The number of imide groups is 1. The molecule has 0 saturated carbocycles. The van der Waals surface area contributed by atoms with Crippen molar-refractivity contribution in [3.8, 4) is 5.75 Å². The van der Waals surface area contributed by atoms with Crippen molar-refractivity contribution in [2.45, 2.75) is 45.6 Å². The zero-order valence-corrected chi connectivity index (χ0v) is 17.1. The summed E-state index contributed by atoms with van der Waals surface area (Å²) in [5.41, 5.74) is 0.436. The Morgan fingerprint density at radius 3 is 2.54 bits per heavy atom. The van der Waals surface area contributed by atoms with Gasteiger partial charge in [0.2, 0.25) is 5.91 Å². The van der Waals surface area contributed by atoms with Crippen LogP contribution >= 0.6 is 0 Å². The standard InChI is InChI=1S/C21H29N3O4/c1-5-21(16-6-7-17(28-4)15(3)12-16)19(26)24(20(27)22-21)13-18(25)23-10-8-14(2)9-11-23/h6-7,12,14H,5,8-11,13H2,1-4H3,(H,22,27). The minimum atomic E-state index is -1.15. The maximum absolute atomic E-state index is 13.2. The van der Waals surface area contributed by atoms with E-state index in [-0.39, 0.29) is 18.4 Å². The second kappa shape index (κ2) is 7.81. The number of hydrogen-bond acceptors (Lipinski definition) is 4. The molecule has 4 amide bonds. The van der Waals surface area contributed by atoms with E-state index < -0.39 is 11.6 Å². The van der Waals surface area contributed by atoms with E-state index in [1.54, 1.807) is 24.1 Å². The maximum Gasteiger partial charge on any atom is 0.325 e. The Bertz CT molecular complexity index is 786. The van der Waals surface area contributed by atoms with Crippen molar-refractivity contribution in [1.82, 2.24) is 15.1 Å². The molecule has 0 aliphatic carbocycles. The number of likely N-dealkylation sites (tertiary alicyclic amines) is 1. The van der Waals surface area contributed by atoms with Crippen molar-refractivity contribution in [3.63, 3.8) is 0 Å². The van der Waals surface area contributed by atoms with Crippen LogP contribution in [0.15, 0.2) is 18.2 Å². The number of nitrogens with one attached hydrogen (secondary N) is 1. The van der Waals surface area contributed by atoms with Crippen LogP contribution in [0.4, 0.5) is 4.79 Å². The summed E-state index contributed by atoms with van der Waals surface area (Å²) in [5.74, 6) is 0.779. The molecule has 2 saturated heterocycles. The average molecular weight is 387 g/mol. The Labute approximate surface area is 166 Å². The largest absolute Gasteiger partial charge is 0.496 e. The van der Waals surface area contributed by atoms with Gasteiger partial charge in [-0.05, 0) is 55.4 Å². The molecule has 28 heavy (non-hydrogen) atoms. The first-order valence-electron chi connectivity index (χ1n) is 9.89. The van der Waals surface area contributed by atoms with E-state index in [1.807, 2.05) is 19.9 Å². The number of carbonyl (C=O) groups excluding carboxylic acids is 3. The summed E-state index contributed by atoms with van der Waals surface area (Å²) >= 11 is 0. The Balaban J connectivity index is 1.81. The van der Waals surface area contributed by atoms with Crippen LogP contribution in [0.3, 0.4) is 0 Å². The number of urea groups is 1. The quantitative estimate of drug-likeness (QED) is 0.787. The van der Waals surface area contributed by atoms with Gasteiger partial charge >= 0.3 is 6.03 Å². The fourth-order valence-corrected chi connectivity index (χ4v) is 4.05. The van der Waals surface area contributed by atoms with E-state index in [9.17, 15) is 14.4 Å². The molecule has 2 fully saturated rings. The van der Waals surface area contributed by atoms with E-state index in [0.29, 0.717) is 31.0 Å². The summed E-state index contributed by atoms with van der Waals surface area (Å²) in [5, 5.41) is 2.84. The maximum atomic E-state index is 13.2. The van der Waals surface area contributed by atoms with Crippen molar-refractivity contribution in [1.29, 1.82) is 0 Å². The van der Waals surface area contributed by atoms with Gasteiger partial charge in [-0.25, -0.2) is 4.79 Å². The molecule has 7 heteroatoms. The van der Waals surface area contributed by atoms with Crippen molar-refractivity contribution in [2.24, 2.45) is 5.92 Å². The Morgan fingerprint density at radius 2 is 1.96 bits per heavy atom. The van der Waals surface area contributed by atoms with Crippen LogP contribution in [-0.4, -0.2) is 54.4 Å². The van der Waals surface area contributed by atoms with Gasteiger partial charge in [-0.2, -0.15) is 0 Å². The predicted octanol–water partition coefficient (Wildman–Crippen LogP) is 2.42. The van der Waals surface area contributed by atoms with E-state index in [2.05, 4.69) is 12.2 Å². The number of ether oxygens (including phenoxy) is 1. The third-order valence-corrected chi connectivity index (χ3v) is 6.02. The molecule has 1 atom stereocenters. The molecule has 0 aromatic heterocycles. The lowest BCUT2D eigenvalue weighted by Crippen LogP contribution is -2.47. The van der Waals surface area contributed by atoms with Gasteiger partial charge < -0.3 is 15.0 Å². The molecule has 2 heterocycles. The number of methoxy groups -OCH3 is 1. The van der Waals surface area contributed by atoms with Gasteiger partial charge in [-0.1, -0.05) is 19.9 Å². The summed E-state index contributed by atoms with van der Waals surface area (Å²) in [6, 6.07) is 4.94. The SMILES string of the molecule is CCC1(c2ccc(OC)c(C)c2)NC(=O)N(CC(=O)N2CCC(C)CC2)C1=O. The summed E-state index contributed by atoms with van der Waals surface area (Å²) in [6.45, 7) is 7.07. The fourth-order valence-electron chi connectivity index (χ4n) is 4.05. The molecule has 0 spiro atoms. The summed E-state index contributed by atoms with van der Waals surface area (Å²) in [4.78, 5) is 41.3. The van der Waals surface area contributed by atoms with Crippen LogP contribution < -0.4 is 10.1 Å². The molecule has 1 aromatic rings. The minimum Gasteiger partial charge on any atom is -0.496 e. The molecular formula is C21H29N3O4. The molecule has 1 N–H and O–H groups in total.